The molecule has 36 heavy (non-hydrogen) atoms. The molecule has 0 saturated carbocycles. The molecule has 0 aliphatic carbocycles. The number of benzene rings is 3. The van der Waals surface area contributed by atoms with Crippen LogP contribution in [0, 0.1) is 0 Å². The van der Waals surface area contributed by atoms with Crippen LogP contribution in [0.1, 0.15) is 29.7 Å². The Labute approximate surface area is 208 Å². The molecule has 1 saturated heterocycles. The third-order valence-corrected chi connectivity index (χ3v) is 6.15. The van der Waals surface area contributed by atoms with Gasteiger partial charge in [0.1, 0.15) is 19.0 Å². The van der Waals surface area contributed by atoms with E-state index in [1.807, 2.05) is 30.3 Å². The maximum absolute atomic E-state index is 13.3. The summed E-state index contributed by atoms with van der Waals surface area (Å²) in [6.45, 7) is 3.05. The van der Waals surface area contributed by atoms with Crippen LogP contribution in [0.4, 0.5) is 0 Å². The highest BCUT2D eigenvalue weighted by molar-refractivity contribution is 6.46. The molecule has 0 radical (unpaired) electrons. The molecule has 2 aliphatic rings. The third kappa shape index (κ3) is 4.22. The first kappa shape index (κ1) is 23.3. The maximum atomic E-state index is 13.3. The van der Waals surface area contributed by atoms with Crippen LogP contribution in [0.5, 0.6) is 23.0 Å². The van der Waals surface area contributed by atoms with Crippen molar-refractivity contribution in [3.8, 4) is 23.0 Å². The van der Waals surface area contributed by atoms with E-state index in [4.69, 9.17) is 14.2 Å². The summed E-state index contributed by atoms with van der Waals surface area (Å²) in [6.07, 6.45) is 0. The minimum atomic E-state index is -0.904. The van der Waals surface area contributed by atoms with E-state index in [2.05, 4.69) is 0 Å². The highest BCUT2D eigenvalue weighted by Gasteiger charge is 2.46. The van der Waals surface area contributed by atoms with E-state index in [0.29, 0.717) is 42.4 Å². The van der Waals surface area contributed by atoms with Gasteiger partial charge in [0.15, 0.2) is 23.0 Å². The van der Waals surface area contributed by atoms with E-state index < -0.39 is 17.7 Å². The number of hydrogen-bond donors (Lipinski definition) is 2. The molecule has 8 heteroatoms. The molecule has 1 amide bonds. The van der Waals surface area contributed by atoms with Crippen molar-refractivity contribution in [3.63, 3.8) is 0 Å². The summed E-state index contributed by atoms with van der Waals surface area (Å²) in [7, 11) is 0. The summed E-state index contributed by atoms with van der Waals surface area (Å²) in [4.78, 5) is 28.0. The predicted octanol–water partition coefficient (Wildman–Crippen LogP) is 4.18. The fourth-order valence-corrected chi connectivity index (χ4v) is 4.49. The number of phenolic OH excluding ortho intramolecular Hbond substituents is 1. The standard InChI is InChI=1S/C28H25NO7/c1-2-34-22-14-18(8-10-20(22)30)25-24(26(31)19-9-11-21-23(15-19)36-13-12-35-21)27(32)28(33)29(25)16-17-6-4-3-5-7-17/h3-11,14-15,25,30-31H,2,12-13,16H2,1H3/t25-/m1/s1. The quantitative estimate of drug-likeness (QED) is 0.305. The molecule has 0 aromatic heterocycles. The molecule has 5 rings (SSSR count). The maximum Gasteiger partial charge on any atom is 0.295 e. The molecule has 2 N–H and O–H groups in total. The Kier molecular flexibility index (Phi) is 6.25. The van der Waals surface area contributed by atoms with Gasteiger partial charge in [0.25, 0.3) is 11.7 Å². The first-order valence-electron chi connectivity index (χ1n) is 11.7. The van der Waals surface area contributed by atoms with E-state index in [9.17, 15) is 19.8 Å². The monoisotopic (exact) mass is 487 g/mol. The van der Waals surface area contributed by atoms with Gasteiger partial charge in [-0.15, -0.1) is 0 Å². The second-order valence-electron chi connectivity index (χ2n) is 8.43. The number of phenols is 1. The Morgan fingerprint density at radius 1 is 1.00 bits per heavy atom. The van der Waals surface area contributed by atoms with Gasteiger partial charge in [0.05, 0.1) is 18.2 Å². The molecule has 3 aromatic carbocycles. The SMILES string of the molecule is CCOc1cc([C@@H]2C(=C(O)c3ccc4c(c3)OCCO4)C(=O)C(=O)N2Cc2ccccc2)ccc1O. The number of aliphatic hydroxyl groups excluding tert-OH is 1. The van der Waals surface area contributed by atoms with Crippen LogP contribution in [-0.2, 0) is 16.1 Å². The Morgan fingerprint density at radius 3 is 2.50 bits per heavy atom. The lowest BCUT2D eigenvalue weighted by molar-refractivity contribution is -0.140. The molecule has 1 atom stereocenters. The van der Waals surface area contributed by atoms with Crippen LogP contribution in [0.15, 0.2) is 72.3 Å². The Morgan fingerprint density at radius 2 is 1.75 bits per heavy atom. The van der Waals surface area contributed by atoms with Crippen molar-refractivity contribution in [2.75, 3.05) is 19.8 Å². The number of aromatic hydroxyl groups is 1. The van der Waals surface area contributed by atoms with Crippen LogP contribution < -0.4 is 14.2 Å². The fraction of sp³-hybridized carbons (Fsp3) is 0.214. The van der Waals surface area contributed by atoms with Crippen molar-refractivity contribution in [2.45, 2.75) is 19.5 Å². The first-order valence-corrected chi connectivity index (χ1v) is 11.7. The number of carbonyl (C=O) groups excluding carboxylic acids is 2. The topological polar surface area (TPSA) is 106 Å². The Balaban J connectivity index is 1.65. The average molecular weight is 488 g/mol. The van der Waals surface area contributed by atoms with Gasteiger partial charge >= 0.3 is 0 Å². The number of rotatable bonds is 6. The molecule has 8 nitrogen and oxygen atoms in total. The van der Waals surface area contributed by atoms with Crippen LogP contribution in [0.2, 0.25) is 0 Å². The number of amides is 1. The summed E-state index contributed by atoms with van der Waals surface area (Å²) in [5, 5.41) is 21.6. The summed E-state index contributed by atoms with van der Waals surface area (Å²) in [6, 6.07) is 17.9. The fourth-order valence-electron chi connectivity index (χ4n) is 4.49. The van der Waals surface area contributed by atoms with Crippen molar-refractivity contribution in [1.29, 1.82) is 0 Å². The predicted molar refractivity (Wildman–Crippen MR) is 131 cm³/mol. The van der Waals surface area contributed by atoms with Crippen LogP contribution in [-0.4, -0.2) is 46.6 Å². The largest absolute Gasteiger partial charge is 0.507 e. The number of Topliss-reactive ketones (excluding diaryl/α,β-unsaturated/α-hetero) is 1. The van der Waals surface area contributed by atoms with Gasteiger partial charge in [0.2, 0.25) is 0 Å². The van der Waals surface area contributed by atoms with Gasteiger partial charge < -0.3 is 29.3 Å². The van der Waals surface area contributed by atoms with Crippen molar-refractivity contribution in [2.24, 2.45) is 0 Å². The van der Waals surface area contributed by atoms with E-state index in [0.717, 1.165) is 5.56 Å². The number of ether oxygens (including phenoxy) is 3. The van der Waals surface area contributed by atoms with Crippen LogP contribution in [0.25, 0.3) is 5.76 Å². The van der Waals surface area contributed by atoms with E-state index >= 15 is 0 Å². The second kappa shape index (κ2) is 9.65. The number of aliphatic hydroxyl groups is 1. The normalized spacial score (nSPS) is 18.4. The highest BCUT2D eigenvalue weighted by Crippen LogP contribution is 2.43. The summed E-state index contributed by atoms with van der Waals surface area (Å²) in [5.41, 5.74) is 1.62. The molecule has 0 spiro atoms. The number of carbonyl (C=O) groups is 2. The zero-order valence-corrected chi connectivity index (χ0v) is 19.6. The minimum absolute atomic E-state index is 0.0549. The first-order chi connectivity index (χ1) is 17.5. The summed E-state index contributed by atoms with van der Waals surface area (Å²) in [5.74, 6) is -0.699. The molecule has 184 valence electrons. The van der Waals surface area contributed by atoms with E-state index in [1.165, 1.54) is 11.0 Å². The smallest absolute Gasteiger partial charge is 0.295 e. The Bertz CT molecular complexity index is 1350. The van der Waals surface area contributed by atoms with Crippen molar-refractivity contribution >= 4 is 17.4 Å². The van der Waals surface area contributed by atoms with Gasteiger partial charge in [-0.1, -0.05) is 36.4 Å². The Hall–Kier alpha value is -4.46. The van der Waals surface area contributed by atoms with Crippen molar-refractivity contribution in [1.82, 2.24) is 4.90 Å². The highest BCUT2D eigenvalue weighted by atomic mass is 16.6. The number of hydrogen-bond acceptors (Lipinski definition) is 7. The van der Waals surface area contributed by atoms with E-state index in [-0.39, 0.29) is 29.4 Å². The lowest BCUT2D eigenvalue weighted by atomic mass is 9.94. The van der Waals surface area contributed by atoms with E-state index in [1.54, 1.807) is 37.3 Å². The lowest BCUT2D eigenvalue weighted by Gasteiger charge is -2.26. The molecular weight excluding hydrogens is 462 g/mol. The number of fused-ring (bicyclic) bond motifs is 1. The van der Waals surface area contributed by atoms with Crippen LogP contribution >= 0.6 is 0 Å². The number of ketones is 1. The van der Waals surface area contributed by atoms with Gasteiger partial charge in [-0.2, -0.15) is 0 Å². The van der Waals surface area contributed by atoms with Gasteiger partial charge in [-0.25, -0.2) is 0 Å². The molecule has 0 bridgehead atoms. The molecule has 2 heterocycles. The molecule has 1 fully saturated rings. The summed E-state index contributed by atoms with van der Waals surface area (Å²) >= 11 is 0. The van der Waals surface area contributed by atoms with Gasteiger partial charge in [0, 0.05) is 12.1 Å². The van der Waals surface area contributed by atoms with Crippen molar-refractivity contribution in [3.05, 3.63) is 89.0 Å². The number of nitrogens with zero attached hydrogens (tertiary/aromatic N) is 1. The lowest BCUT2D eigenvalue weighted by Crippen LogP contribution is -2.29. The summed E-state index contributed by atoms with van der Waals surface area (Å²) < 4.78 is 16.7. The zero-order chi connectivity index (χ0) is 25.2. The second-order valence-corrected chi connectivity index (χ2v) is 8.43. The number of likely N-dealkylation sites (tertiary alicyclic amines) is 1. The van der Waals surface area contributed by atoms with Crippen LogP contribution in [0.3, 0.4) is 0 Å². The zero-order valence-electron chi connectivity index (χ0n) is 19.6. The molecule has 3 aromatic rings. The van der Waals surface area contributed by atoms with Gasteiger partial charge in [-0.3, -0.25) is 9.59 Å². The molecular formula is C28H25NO7. The molecule has 2 aliphatic heterocycles. The third-order valence-electron chi connectivity index (χ3n) is 6.15. The molecule has 0 unspecified atom stereocenters. The minimum Gasteiger partial charge on any atom is -0.507 e. The average Bonchev–Trinajstić information content (AvgIpc) is 3.15. The van der Waals surface area contributed by atoms with Crippen molar-refractivity contribution < 1.29 is 34.0 Å². The van der Waals surface area contributed by atoms with Gasteiger partial charge in [-0.05, 0) is 48.4 Å².